The lowest BCUT2D eigenvalue weighted by Crippen LogP contribution is -2.29. The first-order valence-electron chi connectivity index (χ1n) is 4.95. The minimum Gasteiger partial charge on any atom is -0.389 e. The lowest BCUT2D eigenvalue weighted by Gasteiger charge is -2.18. The van der Waals surface area contributed by atoms with Gasteiger partial charge in [-0.15, -0.1) is 11.6 Å². The van der Waals surface area contributed by atoms with Gasteiger partial charge in [-0.05, 0) is 18.7 Å². The lowest BCUT2D eigenvalue weighted by atomic mass is 10.0. The van der Waals surface area contributed by atoms with E-state index in [2.05, 4.69) is 5.32 Å². The summed E-state index contributed by atoms with van der Waals surface area (Å²) in [6.45, 7) is 0.236. The van der Waals surface area contributed by atoms with Crippen molar-refractivity contribution in [1.82, 2.24) is 5.32 Å². The summed E-state index contributed by atoms with van der Waals surface area (Å²) in [5.74, 6) is -0.385. The number of halogens is 2. The minimum absolute atomic E-state index is 0.0846. The van der Waals surface area contributed by atoms with Crippen molar-refractivity contribution in [2.45, 2.75) is 18.1 Å². The summed E-state index contributed by atoms with van der Waals surface area (Å²) < 4.78 is 13.4. The van der Waals surface area contributed by atoms with E-state index in [1.165, 1.54) is 12.1 Å². The molecule has 0 radical (unpaired) electrons. The highest BCUT2D eigenvalue weighted by Gasteiger charge is 2.18. The average molecular weight is 248 g/mol. The molecule has 1 rings (SSSR count). The topological polar surface area (TPSA) is 52.5 Å². The van der Waals surface area contributed by atoms with Gasteiger partial charge in [0, 0.05) is 12.1 Å². The van der Waals surface area contributed by atoms with Crippen LogP contribution in [-0.2, 0) is 5.88 Å². The number of aliphatic hydroxyl groups is 2. The molecule has 3 N–H and O–H groups in total. The number of hydrogen-bond donors (Lipinski definition) is 3. The lowest BCUT2D eigenvalue weighted by molar-refractivity contribution is 0.0201. The summed E-state index contributed by atoms with van der Waals surface area (Å²) in [6, 6.07) is 4.26. The Bertz CT molecular complexity index is 349. The molecule has 16 heavy (non-hydrogen) atoms. The molecule has 0 aliphatic rings. The number of alkyl halides is 1. The molecule has 0 amide bonds. The molecule has 5 heteroatoms. The standard InChI is InChI=1S/C11H15ClFNO2/c1-14-6-10(15)11(16)7-2-3-8(5-12)9(13)4-7/h2-4,10-11,14-16H,5-6H2,1H3. The average Bonchev–Trinajstić information content (AvgIpc) is 2.28. The van der Waals surface area contributed by atoms with Gasteiger partial charge in [-0.2, -0.15) is 0 Å². The summed E-state index contributed by atoms with van der Waals surface area (Å²) in [7, 11) is 1.66. The Labute approximate surface area is 98.9 Å². The van der Waals surface area contributed by atoms with Gasteiger partial charge in [-0.1, -0.05) is 12.1 Å². The first-order valence-corrected chi connectivity index (χ1v) is 5.48. The maximum atomic E-state index is 13.4. The number of hydrogen-bond acceptors (Lipinski definition) is 3. The van der Waals surface area contributed by atoms with Gasteiger partial charge >= 0.3 is 0 Å². The fourth-order valence-electron chi connectivity index (χ4n) is 1.40. The predicted octanol–water partition coefficient (Wildman–Crippen LogP) is 1.18. The predicted molar refractivity (Wildman–Crippen MR) is 60.9 cm³/mol. The number of aliphatic hydroxyl groups excluding tert-OH is 2. The molecule has 0 fully saturated rings. The Hall–Kier alpha value is -0.680. The van der Waals surface area contributed by atoms with Crippen LogP contribution in [0.3, 0.4) is 0 Å². The maximum absolute atomic E-state index is 13.4. The summed E-state index contributed by atoms with van der Waals surface area (Å²) >= 11 is 5.51. The third kappa shape index (κ3) is 3.15. The molecule has 1 aromatic rings. The fourth-order valence-corrected chi connectivity index (χ4v) is 1.62. The largest absolute Gasteiger partial charge is 0.389 e. The van der Waals surface area contributed by atoms with Gasteiger partial charge in [0.15, 0.2) is 0 Å². The molecule has 2 unspecified atom stereocenters. The monoisotopic (exact) mass is 247 g/mol. The zero-order valence-corrected chi connectivity index (χ0v) is 9.71. The number of likely N-dealkylation sites (N-methyl/N-ethyl adjacent to an activating group) is 1. The summed E-state index contributed by atoms with van der Waals surface area (Å²) in [5.41, 5.74) is 0.717. The summed E-state index contributed by atoms with van der Waals surface area (Å²) in [6.07, 6.45) is -2.07. The van der Waals surface area contributed by atoms with Crippen LogP contribution in [0.1, 0.15) is 17.2 Å². The van der Waals surface area contributed by atoms with Crippen LogP contribution in [0.15, 0.2) is 18.2 Å². The molecule has 1 aromatic carbocycles. The van der Waals surface area contributed by atoms with Gasteiger partial charge in [-0.3, -0.25) is 0 Å². The van der Waals surface area contributed by atoms with Crippen LogP contribution in [0.25, 0.3) is 0 Å². The van der Waals surface area contributed by atoms with E-state index in [4.69, 9.17) is 11.6 Å². The molecule has 0 spiro atoms. The number of benzene rings is 1. The van der Waals surface area contributed by atoms with E-state index in [1.54, 1.807) is 13.1 Å². The smallest absolute Gasteiger partial charge is 0.127 e. The third-order valence-corrected chi connectivity index (χ3v) is 2.63. The van der Waals surface area contributed by atoms with Crippen molar-refractivity contribution >= 4 is 11.6 Å². The van der Waals surface area contributed by atoms with Gasteiger partial charge in [0.2, 0.25) is 0 Å². The number of nitrogens with one attached hydrogen (secondary N) is 1. The second-order valence-corrected chi connectivity index (χ2v) is 3.82. The van der Waals surface area contributed by atoms with E-state index in [9.17, 15) is 14.6 Å². The molecule has 0 heterocycles. The Morgan fingerprint density at radius 2 is 2.12 bits per heavy atom. The van der Waals surface area contributed by atoms with E-state index < -0.39 is 18.0 Å². The number of rotatable bonds is 5. The van der Waals surface area contributed by atoms with Crippen molar-refractivity contribution < 1.29 is 14.6 Å². The van der Waals surface area contributed by atoms with Gasteiger partial charge in [0.05, 0.1) is 12.0 Å². The van der Waals surface area contributed by atoms with Gasteiger partial charge in [0.25, 0.3) is 0 Å². The normalized spacial score (nSPS) is 14.8. The van der Waals surface area contributed by atoms with Crippen LogP contribution in [0.2, 0.25) is 0 Å². The quantitative estimate of drug-likeness (QED) is 0.685. The van der Waals surface area contributed by atoms with Crippen LogP contribution in [0, 0.1) is 5.82 Å². The molecule has 0 aromatic heterocycles. The van der Waals surface area contributed by atoms with Crippen molar-refractivity contribution in [3.8, 4) is 0 Å². The summed E-state index contributed by atoms with van der Waals surface area (Å²) in [4.78, 5) is 0. The summed E-state index contributed by atoms with van der Waals surface area (Å²) in [5, 5.41) is 22.0. The highest BCUT2D eigenvalue weighted by atomic mass is 35.5. The second kappa shape index (κ2) is 6.15. The first kappa shape index (κ1) is 13.4. The van der Waals surface area contributed by atoms with Crippen LogP contribution < -0.4 is 5.32 Å². The SMILES string of the molecule is CNCC(O)C(O)c1ccc(CCl)c(F)c1. The fraction of sp³-hybridized carbons (Fsp3) is 0.455. The maximum Gasteiger partial charge on any atom is 0.127 e. The van der Waals surface area contributed by atoms with Crippen LogP contribution >= 0.6 is 11.6 Å². The van der Waals surface area contributed by atoms with Crippen molar-refractivity contribution in [3.05, 3.63) is 35.1 Å². The molecule has 90 valence electrons. The van der Waals surface area contributed by atoms with Crippen molar-refractivity contribution in [3.63, 3.8) is 0 Å². The van der Waals surface area contributed by atoms with Crippen LogP contribution in [0.5, 0.6) is 0 Å². The Kier molecular flexibility index (Phi) is 5.15. The van der Waals surface area contributed by atoms with E-state index in [1.807, 2.05) is 0 Å². The van der Waals surface area contributed by atoms with Crippen LogP contribution in [0.4, 0.5) is 4.39 Å². The molecule has 0 aliphatic heterocycles. The van der Waals surface area contributed by atoms with Crippen molar-refractivity contribution in [2.24, 2.45) is 0 Å². The Morgan fingerprint density at radius 3 is 2.62 bits per heavy atom. The molecule has 0 bridgehead atoms. The minimum atomic E-state index is -1.11. The Morgan fingerprint density at radius 1 is 1.44 bits per heavy atom. The zero-order valence-electron chi connectivity index (χ0n) is 8.95. The third-order valence-electron chi connectivity index (χ3n) is 2.34. The first-order chi connectivity index (χ1) is 7.60. The molecule has 0 aliphatic carbocycles. The van der Waals surface area contributed by atoms with Crippen LogP contribution in [-0.4, -0.2) is 29.9 Å². The highest BCUT2D eigenvalue weighted by molar-refractivity contribution is 6.17. The second-order valence-electron chi connectivity index (χ2n) is 3.55. The van der Waals surface area contributed by atoms with E-state index >= 15 is 0 Å². The molecular weight excluding hydrogens is 233 g/mol. The van der Waals surface area contributed by atoms with Crippen molar-refractivity contribution in [2.75, 3.05) is 13.6 Å². The molecular formula is C11H15ClFNO2. The van der Waals surface area contributed by atoms with Gasteiger partial charge < -0.3 is 15.5 Å². The molecule has 3 nitrogen and oxygen atoms in total. The van der Waals surface area contributed by atoms with Gasteiger partial charge in [0.1, 0.15) is 11.9 Å². The Balaban J connectivity index is 2.84. The highest BCUT2D eigenvalue weighted by Crippen LogP contribution is 2.20. The van der Waals surface area contributed by atoms with Gasteiger partial charge in [-0.25, -0.2) is 4.39 Å². The van der Waals surface area contributed by atoms with E-state index in [-0.39, 0.29) is 12.4 Å². The van der Waals surface area contributed by atoms with E-state index in [0.717, 1.165) is 0 Å². The molecule has 0 saturated carbocycles. The van der Waals surface area contributed by atoms with Crippen molar-refractivity contribution in [1.29, 1.82) is 0 Å². The molecule has 2 atom stereocenters. The zero-order chi connectivity index (χ0) is 12.1. The van der Waals surface area contributed by atoms with E-state index in [0.29, 0.717) is 11.1 Å². The molecule has 0 saturated heterocycles.